The Kier molecular flexibility index (Phi) is 6.01. The van der Waals surface area contributed by atoms with E-state index >= 15 is 0 Å². The zero-order valence-electron chi connectivity index (χ0n) is 17.5. The lowest BCUT2D eigenvalue weighted by molar-refractivity contribution is 0.122. The molecule has 2 aliphatic rings. The summed E-state index contributed by atoms with van der Waals surface area (Å²) in [5, 5.41) is 4.21. The molecular weight excluding hydrogens is 414 g/mol. The number of ether oxygens (including phenoxy) is 2. The first kappa shape index (κ1) is 20.2. The van der Waals surface area contributed by atoms with Gasteiger partial charge in [-0.25, -0.2) is 15.0 Å². The monoisotopic (exact) mass is 439 g/mol. The minimum atomic E-state index is 0.688. The van der Waals surface area contributed by atoms with Crippen molar-refractivity contribution in [1.29, 1.82) is 0 Å². The van der Waals surface area contributed by atoms with E-state index in [4.69, 9.17) is 19.4 Å². The van der Waals surface area contributed by atoms with Crippen molar-refractivity contribution in [3.05, 3.63) is 30.6 Å². The molecule has 31 heavy (non-hydrogen) atoms. The number of piperazine rings is 1. The molecule has 0 bridgehead atoms. The van der Waals surface area contributed by atoms with Crippen molar-refractivity contribution in [2.75, 3.05) is 69.4 Å². The number of hydrogen-bond acceptors (Lipinski definition) is 10. The number of nitrogens with one attached hydrogen (secondary N) is 1. The van der Waals surface area contributed by atoms with Crippen LogP contribution in [-0.4, -0.2) is 79.5 Å². The third-order valence-corrected chi connectivity index (χ3v) is 6.40. The van der Waals surface area contributed by atoms with Gasteiger partial charge in [0.2, 0.25) is 5.95 Å². The highest BCUT2D eigenvalue weighted by Gasteiger charge is 2.23. The molecule has 0 atom stereocenters. The third kappa shape index (κ3) is 4.36. The summed E-state index contributed by atoms with van der Waals surface area (Å²) in [6, 6.07) is 7.95. The fourth-order valence-corrected chi connectivity index (χ4v) is 4.57. The Morgan fingerprint density at radius 1 is 0.935 bits per heavy atom. The van der Waals surface area contributed by atoms with E-state index in [1.165, 1.54) is 0 Å². The first-order valence-electron chi connectivity index (χ1n) is 10.4. The maximum atomic E-state index is 5.55. The van der Waals surface area contributed by atoms with Crippen LogP contribution in [0.1, 0.15) is 0 Å². The van der Waals surface area contributed by atoms with Gasteiger partial charge in [-0.3, -0.25) is 0 Å². The van der Waals surface area contributed by atoms with Crippen LogP contribution in [0.2, 0.25) is 0 Å². The van der Waals surface area contributed by atoms with E-state index < -0.39 is 0 Å². The topological polar surface area (TPSA) is 88.5 Å². The van der Waals surface area contributed by atoms with Gasteiger partial charge in [0.25, 0.3) is 0 Å². The largest absolute Gasteiger partial charge is 0.497 e. The number of fused-ring (bicyclic) bond motifs is 1. The molecule has 0 unspecified atom stereocenters. The van der Waals surface area contributed by atoms with Crippen LogP contribution in [0.25, 0.3) is 11.0 Å². The highest BCUT2D eigenvalue weighted by Crippen LogP contribution is 2.34. The van der Waals surface area contributed by atoms with Gasteiger partial charge in [-0.05, 0) is 24.3 Å². The molecule has 2 fully saturated rings. The van der Waals surface area contributed by atoms with Gasteiger partial charge in [-0.15, -0.1) is 0 Å². The average molecular weight is 440 g/mol. The van der Waals surface area contributed by atoms with Crippen LogP contribution in [0, 0.1) is 0 Å². The standard InChI is InChI=1S/C21H25N7O2S/c1-29-15-2-4-16(5-3-15)31-20-18-17(23-14-24-20)19(27-10-12-30-13-11-27)26-21(25-18)28-8-6-22-7-9-28/h2-5,14,22H,6-13H2,1H3. The van der Waals surface area contributed by atoms with Crippen LogP contribution in [0.3, 0.4) is 0 Å². The van der Waals surface area contributed by atoms with Gasteiger partial charge in [0.15, 0.2) is 5.82 Å². The van der Waals surface area contributed by atoms with Crippen molar-refractivity contribution < 1.29 is 9.47 Å². The molecule has 0 spiro atoms. The molecule has 0 radical (unpaired) electrons. The minimum Gasteiger partial charge on any atom is -0.497 e. The maximum Gasteiger partial charge on any atom is 0.228 e. The van der Waals surface area contributed by atoms with E-state index in [2.05, 4.69) is 25.1 Å². The Bertz CT molecular complexity index is 1040. The number of morpholine rings is 1. The van der Waals surface area contributed by atoms with Gasteiger partial charge >= 0.3 is 0 Å². The Balaban J connectivity index is 1.58. The van der Waals surface area contributed by atoms with E-state index in [0.29, 0.717) is 13.2 Å². The Hall–Kier alpha value is -2.69. The molecule has 0 amide bonds. The second-order valence-electron chi connectivity index (χ2n) is 7.34. The molecule has 5 rings (SSSR count). The van der Waals surface area contributed by atoms with E-state index in [1.807, 2.05) is 24.3 Å². The Morgan fingerprint density at radius 3 is 2.45 bits per heavy atom. The number of methoxy groups -OCH3 is 1. The molecule has 3 aromatic rings. The lowest BCUT2D eigenvalue weighted by Gasteiger charge is -2.31. The lowest BCUT2D eigenvalue weighted by Crippen LogP contribution is -2.44. The van der Waals surface area contributed by atoms with Gasteiger partial charge < -0.3 is 24.6 Å². The summed E-state index contributed by atoms with van der Waals surface area (Å²) in [5.74, 6) is 2.43. The molecule has 10 heteroatoms. The van der Waals surface area contributed by atoms with Crippen LogP contribution >= 0.6 is 11.8 Å². The highest BCUT2D eigenvalue weighted by atomic mass is 32.2. The molecule has 2 aliphatic heterocycles. The van der Waals surface area contributed by atoms with E-state index in [9.17, 15) is 0 Å². The predicted octanol–water partition coefficient (Wildman–Crippen LogP) is 1.83. The maximum absolute atomic E-state index is 5.55. The first-order valence-corrected chi connectivity index (χ1v) is 11.3. The molecular formula is C21H25N7O2S. The lowest BCUT2D eigenvalue weighted by atomic mass is 10.3. The SMILES string of the molecule is COc1ccc(Sc2ncnc3c(N4CCOCC4)nc(N4CCNCC4)nc23)cc1. The van der Waals surface area contributed by atoms with E-state index in [-0.39, 0.29) is 0 Å². The summed E-state index contributed by atoms with van der Waals surface area (Å²) >= 11 is 1.58. The van der Waals surface area contributed by atoms with Gasteiger partial charge in [0.05, 0.1) is 20.3 Å². The predicted molar refractivity (Wildman–Crippen MR) is 120 cm³/mol. The highest BCUT2D eigenvalue weighted by molar-refractivity contribution is 7.99. The van der Waals surface area contributed by atoms with Gasteiger partial charge in [0.1, 0.15) is 28.1 Å². The van der Waals surface area contributed by atoms with Crippen LogP contribution in [0.15, 0.2) is 40.5 Å². The molecule has 1 N–H and O–H groups in total. The van der Waals surface area contributed by atoms with Gasteiger partial charge in [-0.1, -0.05) is 11.8 Å². The minimum absolute atomic E-state index is 0.688. The molecule has 2 aromatic heterocycles. The zero-order chi connectivity index (χ0) is 21.0. The molecule has 9 nitrogen and oxygen atoms in total. The fraction of sp³-hybridized carbons (Fsp3) is 0.429. The summed E-state index contributed by atoms with van der Waals surface area (Å²) < 4.78 is 10.8. The number of rotatable bonds is 5. The normalized spacial score (nSPS) is 17.2. The average Bonchev–Trinajstić information content (AvgIpc) is 2.85. The second kappa shape index (κ2) is 9.21. The van der Waals surface area contributed by atoms with Crippen molar-refractivity contribution >= 4 is 34.6 Å². The summed E-state index contributed by atoms with van der Waals surface area (Å²) in [6.45, 7) is 6.56. The van der Waals surface area contributed by atoms with Gasteiger partial charge in [-0.2, -0.15) is 4.98 Å². The Labute approximate surface area is 185 Å². The number of hydrogen-bond donors (Lipinski definition) is 1. The van der Waals surface area contributed by atoms with Crippen LogP contribution in [0.4, 0.5) is 11.8 Å². The van der Waals surface area contributed by atoms with Crippen LogP contribution in [-0.2, 0) is 4.74 Å². The van der Waals surface area contributed by atoms with Crippen molar-refractivity contribution in [1.82, 2.24) is 25.3 Å². The van der Waals surface area contributed by atoms with Crippen molar-refractivity contribution in [2.45, 2.75) is 9.92 Å². The van der Waals surface area contributed by atoms with Gasteiger partial charge in [0, 0.05) is 44.2 Å². The van der Waals surface area contributed by atoms with E-state index in [1.54, 1.807) is 25.2 Å². The summed E-state index contributed by atoms with van der Waals surface area (Å²) in [4.78, 5) is 24.6. The zero-order valence-corrected chi connectivity index (χ0v) is 18.3. The first-order chi connectivity index (χ1) is 15.3. The van der Waals surface area contributed by atoms with Crippen LogP contribution in [0.5, 0.6) is 5.75 Å². The second-order valence-corrected chi connectivity index (χ2v) is 8.40. The molecule has 0 aliphatic carbocycles. The molecule has 1 aromatic carbocycles. The van der Waals surface area contributed by atoms with Crippen LogP contribution < -0.4 is 19.9 Å². The Morgan fingerprint density at radius 2 is 1.71 bits per heavy atom. The molecule has 162 valence electrons. The number of anilines is 2. The summed E-state index contributed by atoms with van der Waals surface area (Å²) in [5.41, 5.74) is 1.57. The number of benzene rings is 1. The number of aromatic nitrogens is 4. The fourth-order valence-electron chi connectivity index (χ4n) is 3.73. The third-order valence-electron chi connectivity index (χ3n) is 5.40. The van der Waals surface area contributed by atoms with Crippen molar-refractivity contribution in [3.63, 3.8) is 0 Å². The quantitative estimate of drug-likeness (QED) is 0.594. The smallest absolute Gasteiger partial charge is 0.228 e. The summed E-state index contributed by atoms with van der Waals surface area (Å²) in [6.07, 6.45) is 1.60. The van der Waals surface area contributed by atoms with Crippen molar-refractivity contribution in [3.8, 4) is 5.75 Å². The number of nitrogens with zero attached hydrogens (tertiary/aromatic N) is 6. The van der Waals surface area contributed by atoms with E-state index in [0.717, 1.165) is 77.7 Å². The summed E-state index contributed by atoms with van der Waals surface area (Å²) in [7, 11) is 1.67. The molecule has 0 saturated carbocycles. The molecule has 4 heterocycles. The molecule has 2 saturated heterocycles. The van der Waals surface area contributed by atoms with Crippen molar-refractivity contribution in [2.24, 2.45) is 0 Å².